The van der Waals surface area contributed by atoms with Gasteiger partial charge in [0, 0.05) is 18.0 Å². The summed E-state index contributed by atoms with van der Waals surface area (Å²) in [5, 5.41) is 3.07. The predicted molar refractivity (Wildman–Crippen MR) is 104 cm³/mol. The summed E-state index contributed by atoms with van der Waals surface area (Å²) in [4.78, 5) is 15.2. The number of alkyl halides is 3. The summed E-state index contributed by atoms with van der Waals surface area (Å²) in [5.41, 5.74) is 2.32. The molecule has 0 aliphatic carbocycles. The van der Waals surface area contributed by atoms with Gasteiger partial charge >= 0.3 is 5.51 Å². The third-order valence-electron chi connectivity index (χ3n) is 4.25. The maximum Gasteiger partial charge on any atom is 0.501 e. The first-order valence-electron chi connectivity index (χ1n) is 8.69. The zero-order valence-corrected chi connectivity index (χ0v) is 16.5. The maximum absolute atomic E-state index is 12.9. The Morgan fingerprint density at radius 3 is 2.53 bits per heavy atom. The lowest BCUT2D eigenvalue weighted by molar-refractivity contribution is -0.0436. The second-order valence-corrected chi connectivity index (χ2v) is 8.11. The van der Waals surface area contributed by atoms with Gasteiger partial charge in [0.15, 0.2) is 0 Å². The van der Waals surface area contributed by atoms with E-state index >= 15 is 0 Å². The summed E-state index contributed by atoms with van der Waals surface area (Å²) in [6.07, 6.45) is 4.68. The van der Waals surface area contributed by atoms with Gasteiger partial charge in [-0.2, -0.15) is 18.2 Å². The van der Waals surface area contributed by atoms with E-state index in [0.29, 0.717) is 28.2 Å². The second-order valence-electron chi connectivity index (χ2n) is 6.17. The number of sulfone groups is 1. The van der Waals surface area contributed by atoms with E-state index in [4.69, 9.17) is 5.73 Å². The Kier molecular flexibility index (Phi) is 5.87. The van der Waals surface area contributed by atoms with Crippen LogP contribution < -0.4 is 11.1 Å². The lowest BCUT2D eigenvalue weighted by Crippen LogP contribution is -2.23. The molecule has 0 bridgehead atoms. The smallest absolute Gasteiger partial charge is 0.368 e. The van der Waals surface area contributed by atoms with Crippen LogP contribution in [0, 0.1) is 0 Å². The zero-order valence-electron chi connectivity index (χ0n) is 15.7. The molecular formula is C18H17F3N6O2S. The molecule has 0 amide bonds. The minimum absolute atomic E-state index is 0.00162. The van der Waals surface area contributed by atoms with Gasteiger partial charge in [0.05, 0.1) is 17.1 Å². The van der Waals surface area contributed by atoms with Gasteiger partial charge in [-0.05, 0) is 35.7 Å². The van der Waals surface area contributed by atoms with Gasteiger partial charge in [-0.3, -0.25) is 0 Å². The lowest BCUT2D eigenvalue weighted by atomic mass is 9.99. The molecule has 30 heavy (non-hydrogen) atoms. The van der Waals surface area contributed by atoms with Gasteiger partial charge in [0.25, 0.3) is 9.84 Å². The standard InChI is InChI=1S/C18H17F3N6O2S/c1-2-11-7-13(30(28,29)18(19,20)21)3-4-14(11)15-9-25-17(22)27-16(15)24-8-12-5-6-23-10-26-12/h3-7,9-10H,2,8H2,1H3,(H3,22,24,25,27). The van der Waals surface area contributed by atoms with Crippen LogP contribution >= 0.6 is 0 Å². The van der Waals surface area contributed by atoms with Crippen molar-refractivity contribution in [3.8, 4) is 11.1 Å². The molecule has 0 aliphatic heterocycles. The van der Waals surface area contributed by atoms with Crippen molar-refractivity contribution in [2.45, 2.75) is 30.3 Å². The minimum Gasteiger partial charge on any atom is -0.368 e. The number of nitrogens with zero attached hydrogens (tertiary/aromatic N) is 4. The van der Waals surface area contributed by atoms with Crippen molar-refractivity contribution in [1.29, 1.82) is 0 Å². The van der Waals surface area contributed by atoms with Crippen LogP contribution in [-0.2, 0) is 22.8 Å². The van der Waals surface area contributed by atoms with Crippen molar-refractivity contribution in [1.82, 2.24) is 19.9 Å². The highest BCUT2D eigenvalue weighted by Gasteiger charge is 2.47. The highest BCUT2D eigenvalue weighted by Crippen LogP contribution is 2.35. The fourth-order valence-electron chi connectivity index (χ4n) is 2.75. The van der Waals surface area contributed by atoms with Crippen LogP contribution in [0.4, 0.5) is 24.9 Å². The molecule has 12 heteroatoms. The molecule has 0 spiro atoms. The number of rotatable bonds is 6. The first kappa shape index (κ1) is 21.4. The van der Waals surface area contributed by atoms with Crippen LogP contribution in [0.25, 0.3) is 11.1 Å². The van der Waals surface area contributed by atoms with Crippen molar-refractivity contribution >= 4 is 21.6 Å². The van der Waals surface area contributed by atoms with E-state index in [1.54, 1.807) is 19.2 Å². The van der Waals surface area contributed by atoms with Gasteiger partial charge in [0.2, 0.25) is 5.95 Å². The predicted octanol–water partition coefficient (Wildman–Crippen LogP) is 2.98. The number of aromatic nitrogens is 4. The number of nitrogens with one attached hydrogen (secondary N) is 1. The lowest BCUT2D eigenvalue weighted by Gasteiger charge is -2.15. The number of anilines is 2. The molecule has 8 nitrogen and oxygen atoms in total. The number of halogens is 3. The van der Waals surface area contributed by atoms with Crippen molar-refractivity contribution in [2.75, 3.05) is 11.1 Å². The summed E-state index contributed by atoms with van der Waals surface area (Å²) < 4.78 is 62.2. The normalized spacial score (nSPS) is 12.0. The molecule has 3 N–H and O–H groups in total. The third-order valence-corrected chi connectivity index (χ3v) is 5.73. The molecule has 0 saturated heterocycles. The van der Waals surface area contributed by atoms with E-state index in [2.05, 4.69) is 25.3 Å². The largest absolute Gasteiger partial charge is 0.501 e. The fraction of sp³-hybridized carbons (Fsp3) is 0.222. The van der Waals surface area contributed by atoms with E-state index in [1.807, 2.05) is 0 Å². The number of nitrogen functional groups attached to an aromatic ring is 1. The zero-order chi connectivity index (χ0) is 21.9. The minimum atomic E-state index is -5.45. The SMILES string of the molecule is CCc1cc(S(=O)(=O)C(F)(F)F)ccc1-c1cnc(N)nc1NCc1ccncn1. The molecule has 0 atom stereocenters. The molecule has 2 aromatic heterocycles. The molecule has 0 fully saturated rings. The molecule has 0 unspecified atom stereocenters. The fourth-order valence-corrected chi connectivity index (χ4v) is 3.56. The first-order valence-corrected chi connectivity index (χ1v) is 10.2. The molecule has 0 radical (unpaired) electrons. The maximum atomic E-state index is 12.9. The van der Waals surface area contributed by atoms with Crippen molar-refractivity contribution in [3.05, 3.63) is 54.2 Å². The Labute approximate surface area is 170 Å². The summed E-state index contributed by atoms with van der Waals surface area (Å²) in [6, 6.07) is 4.94. The van der Waals surface area contributed by atoms with Crippen molar-refractivity contribution in [3.63, 3.8) is 0 Å². The number of aryl methyl sites for hydroxylation is 1. The Morgan fingerprint density at radius 1 is 1.13 bits per heavy atom. The summed E-state index contributed by atoms with van der Waals surface area (Å²) in [7, 11) is -5.45. The molecule has 0 saturated carbocycles. The van der Waals surface area contributed by atoms with Gasteiger partial charge in [-0.1, -0.05) is 13.0 Å². The first-order chi connectivity index (χ1) is 14.1. The molecule has 1 aromatic carbocycles. The van der Waals surface area contributed by atoms with Crippen LogP contribution in [0.15, 0.2) is 47.9 Å². The Bertz CT molecular complexity index is 1150. The molecule has 0 aliphatic rings. The highest BCUT2D eigenvalue weighted by atomic mass is 32.2. The number of hydrogen-bond donors (Lipinski definition) is 2. The van der Waals surface area contributed by atoms with Crippen LogP contribution in [0.1, 0.15) is 18.2 Å². The Morgan fingerprint density at radius 2 is 1.90 bits per heavy atom. The molecule has 3 aromatic rings. The molecule has 3 rings (SSSR count). The van der Waals surface area contributed by atoms with Crippen molar-refractivity contribution < 1.29 is 21.6 Å². The van der Waals surface area contributed by atoms with E-state index in [0.717, 1.165) is 12.1 Å². The van der Waals surface area contributed by atoms with Crippen LogP contribution in [-0.4, -0.2) is 33.9 Å². The monoisotopic (exact) mass is 438 g/mol. The van der Waals surface area contributed by atoms with Crippen LogP contribution in [0.5, 0.6) is 0 Å². The van der Waals surface area contributed by atoms with Crippen LogP contribution in [0.3, 0.4) is 0 Å². The van der Waals surface area contributed by atoms with E-state index < -0.39 is 20.2 Å². The Hall–Kier alpha value is -3.28. The summed E-state index contributed by atoms with van der Waals surface area (Å²) >= 11 is 0. The number of hydrogen-bond acceptors (Lipinski definition) is 8. The second kappa shape index (κ2) is 8.22. The van der Waals surface area contributed by atoms with Gasteiger partial charge in [0.1, 0.15) is 12.1 Å². The van der Waals surface area contributed by atoms with Crippen LogP contribution in [0.2, 0.25) is 0 Å². The number of nitrogens with two attached hydrogens (primary N) is 1. The average Bonchev–Trinajstić information content (AvgIpc) is 2.72. The summed E-state index contributed by atoms with van der Waals surface area (Å²) in [5.74, 6) is 0.334. The average molecular weight is 438 g/mol. The quantitative estimate of drug-likeness (QED) is 0.602. The van der Waals surface area contributed by atoms with E-state index in [-0.39, 0.29) is 18.9 Å². The Balaban J connectivity index is 2.03. The summed E-state index contributed by atoms with van der Waals surface area (Å²) in [6.45, 7) is 1.99. The van der Waals surface area contributed by atoms with Gasteiger partial charge in [-0.25, -0.2) is 23.4 Å². The topological polar surface area (TPSA) is 124 Å². The van der Waals surface area contributed by atoms with E-state index in [1.165, 1.54) is 18.6 Å². The molecule has 158 valence electrons. The highest BCUT2D eigenvalue weighted by molar-refractivity contribution is 7.92. The van der Waals surface area contributed by atoms with Gasteiger partial charge in [-0.15, -0.1) is 0 Å². The third kappa shape index (κ3) is 4.32. The molecular weight excluding hydrogens is 421 g/mol. The van der Waals surface area contributed by atoms with Crippen molar-refractivity contribution in [2.24, 2.45) is 0 Å². The molecule has 2 heterocycles. The van der Waals surface area contributed by atoms with E-state index in [9.17, 15) is 21.6 Å². The number of benzene rings is 1. The van der Waals surface area contributed by atoms with Gasteiger partial charge < -0.3 is 11.1 Å².